The van der Waals surface area contributed by atoms with Crippen LogP contribution >= 0.6 is 0 Å². The molecule has 0 amide bonds. The minimum absolute atomic E-state index is 1.03. The zero-order chi connectivity index (χ0) is 17.4. The second-order valence-electron chi connectivity index (χ2n) is 7.03. The largest absolute Gasteiger partial charge is 0.295 e. The first kappa shape index (κ1) is 13.9. The summed E-state index contributed by atoms with van der Waals surface area (Å²) >= 11 is 0. The van der Waals surface area contributed by atoms with Crippen molar-refractivity contribution in [2.24, 2.45) is 0 Å². The van der Waals surface area contributed by atoms with E-state index in [-0.39, 0.29) is 0 Å². The summed E-state index contributed by atoms with van der Waals surface area (Å²) in [6.07, 6.45) is 0. The Labute approximate surface area is 150 Å². The second kappa shape index (κ2) is 4.64. The van der Waals surface area contributed by atoms with Gasteiger partial charge in [-0.2, -0.15) is 0 Å². The second-order valence-corrected chi connectivity index (χ2v) is 7.03. The fourth-order valence-corrected chi connectivity index (χ4v) is 4.44. The molecule has 3 heterocycles. The molecule has 0 saturated heterocycles. The van der Waals surface area contributed by atoms with Crippen molar-refractivity contribution in [1.29, 1.82) is 0 Å². The number of nitrogens with zero attached hydrogens (tertiary/aromatic N) is 3. The summed E-state index contributed by atoms with van der Waals surface area (Å²) in [5.41, 5.74) is 9.47. The van der Waals surface area contributed by atoms with Crippen LogP contribution < -0.4 is 0 Å². The fourth-order valence-electron chi connectivity index (χ4n) is 4.44. The van der Waals surface area contributed by atoms with Crippen LogP contribution in [0.5, 0.6) is 0 Å². The number of fused-ring (bicyclic) bond motifs is 10. The lowest BCUT2D eigenvalue weighted by molar-refractivity contribution is 1.17. The van der Waals surface area contributed by atoms with E-state index in [1.165, 1.54) is 44.1 Å². The predicted molar refractivity (Wildman–Crippen MR) is 108 cm³/mol. The molecule has 0 bridgehead atoms. The Hall–Kier alpha value is -3.33. The number of hydrogen-bond acceptors (Lipinski definition) is 1. The average Bonchev–Trinajstić information content (AvgIpc) is 3.20. The van der Waals surface area contributed by atoms with Crippen LogP contribution in [0.4, 0.5) is 0 Å². The summed E-state index contributed by atoms with van der Waals surface area (Å²) < 4.78 is 4.74. The van der Waals surface area contributed by atoms with Crippen molar-refractivity contribution < 1.29 is 0 Å². The van der Waals surface area contributed by atoms with Gasteiger partial charge in [-0.25, -0.2) is 4.98 Å². The molecule has 3 aromatic heterocycles. The minimum atomic E-state index is 1.03. The third kappa shape index (κ3) is 1.51. The summed E-state index contributed by atoms with van der Waals surface area (Å²) in [7, 11) is 0. The Morgan fingerprint density at radius 2 is 1.38 bits per heavy atom. The summed E-state index contributed by atoms with van der Waals surface area (Å²) in [6.45, 7) is 4.39. The van der Waals surface area contributed by atoms with Gasteiger partial charge in [0.2, 0.25) is 0 Å². The van der Waals surface area contributed by atoms with Gasteiger partial charge in [0, 0.05) is 16.3 Å². The predicted octanol–water partition coefficient (Wildman–Crippen LogP) is 5.66. The normalized spacial score (nSPS) is 12.2. The maximum Gasteiger partial charge on any atom is 0.149 e. The average molecular weight is 335 g/mol. The van der Waals surface area contributed by atoms with Crippen molar-refractivity contribution in [3.63, 3.8) is 0 Å². The SMILES string of the molecule is Cc1cccc2nc3c4ccccc4n4c5ccccc5c(C)c4n3c12. The lowest BCUT2D eigenvalue weighted by Crippen LogP contribution is -1.98. The van der Waals surface area contributed by atoms with Crippen molar-refractivity contribution in [3.8, 4) is 0 Å². The van der Waals surface area contributed by atoms with Gasteiger partial charge in [-0.1, -0.05) is 42.5 Å². The third-order valence-corrected chi connectivity index (χ3v) is 5.57. The van der Waals surface area contributed by atoms with Gasteiger partial charge >= 0.3 is 0 Å². The number of aromatic nitrogens is 3. The molecule has 0 aliphatic rings. The van der Waals surface area contributed by atoms with E-state index in [1.807, 2.05) is 0 Å². The molecule has 6 rings (SSSR count). The van der Waals surface area contributed by atoms with Gasteiger partial charge in [-0.15, -0.1) is 0 Å². The van der Waals surface area contributed by atoms with Crippen molar-refractivity contribution in [3.05, 3.63) is 77.9 Å². The van der Waals surface area contributed by atoms with E-state index in [4.69, 9.17) is 4.98 Å². The molecule has 6 aromatic rings. The smallest absolute Gasteiger partial charge is 0.149 e. The molecule has 0 spiro atoms. The van der Waals surface area contributed by atoms with Crippen LogP contribution in [0.25, 0.3) is 44.1 Å². The Morgan fingerprint density at radius 3 is 2.19 bits per heavy atom. The molecule has 3 aromatic carbocycles. The summed E-state index contributed by atoms with van der Waals surface area (Å²) in [5.74, 6) is 0. The van der Waals surface area contributed by atoms with E-state index in [1.54, 1.807) is 0 Å². The lowest BCUT2D eigenvalue weighted by atomic mass is 10.2. The number of hydrogen-bond donors (Lipinski definition) is 0. The maximum atomic E-state index is 5.02. The number of imidazole rings is 1. The molecule has 3 nitrogen and oxygen atoms in total. The highest BCUT2D eigenvalue weighted by molar-refractivity contribution is 6.05. The van der Waals surface area contributed by atoms with Crippen molar-refractivity contribution in [1.82, 2.24) is 13.8 Å². The number of para-hydroxylation sites is 3. The Balaban J connectivity index is 2.12. The molecule has 3 heteroatoms. The lowest BCUT2D eigenvalue weighted by Gasteiger charge is -2.09. The molecular formula is C23H17N3. The molecule has 0 aliphatic heterocycles. The van der Waals surface area contributed by atoms with Gasteiger partial charge in [0.15, 0.2) is 0 Å². The van der Waals surface area contributed by atoms with E-state index in [0.29, 0.717) is 0 Å². The van der Waals surface area contributed by atoms with Crippen molar-refractivity contribution in [2.75, 3.05) is 0 Å². The highest BCUT2D eigenvalue weighted by Gasteiger charge is 2.19. The summed E-state index contributed by atoms with van der Waals surface area (Å²) in [4.78, 5) is 5.02. The van der Waals surface area contributed by atoms with E-state index >= 15 is 0 Å². The van der Waals surface area contributed by atoms with Gasteiger partial charge in [-0.05, 0) is 43.7 Å². The topological polar surface area (TPSA) is 21.7 Å². The molecule has 0 N–H and O–H groups in total. The van der Waals surface area contributed by atoms with Crippen LogP contribution in [-0.2, 0) is 0 Å². The molecule has 0 radical (unpaired) electrons. The van der Waals surface area contributed by atoms with Crippen LogP contribution in [0.2, 0.25) is 0 Å². The molecule has 0 saturated carbocycles. The third-order valence-electron chi connectivity index (χ3n) is 5.57. The molecular weight excluding hydrogens is 318 g/mol. The number of rotatable bonds is 0. The number of aryl methyl sites for hydroxylation is 2. The summed E-state index contributed by atoms with van der Waals surface area (Å²) in [6, 6.07) is 23.6. The molecule has 0 atom stereocenters. The molecule has 26 heavy (non-hydrogen) atoms. The Kier molecular flexibility index (Phi) is 2.48. The zero-order valence-electron chi connectivity index (χ0n) is 14.7. The van der Waals surface area contributed by atoms with Gasteiger partial charge in [0.25, 0.3) is 0 Å². The van der Waals surface area contributed by atoms with Crippen molar-refractivity contribution >= 4 is 44.1 Å². The molecule has 0 fully saturated rings. The Bertz CT molecular complexity index is 1500. The monoisotopic (exact) mass is 335 g/mol. The standard InChI is InChI=1S/C23H17N3/c1-14-8-7-11-18-21(14)26-22(24-18)17-10-4-6-13-20(17)25-19-12-5-3-9-16(19)15(2)23(25)26/h3-13H,1-2H3. The van der Waals surface area contributed by atoms with Crippen LogP contribution in [-0.4, -0.2) is 13.8 Å². The number of benzene rings is 3. The molecule has 124 valence electrons. The van der Waals surface area contributed by atoms with Crippen LogP contribution in [0.1, 0.15) is 11.1 Å². The zero-order valence-corrected chi connectivity index (χ0v) is 14.7. The van der Waals surface area contributed by atoms with Gasteiger partial charge in [0.05, 0.1) is 22.1 Å². The summed E-state index contributed by atoms with van der Waals surface area (Å²) in [5, 5.41) is 2.47. The van der Waals surface area contributed by atoms with Crippen LogP contribution in [0.15, 0.2) is 66.7 Å². The van der Waals surface area contributed by atoms with E-state index in [2.05, 4.69) is 89.4 Å². The highest BCUT2D eigenvalue weighted by Crippen LogP contribution is 2.34. The molecule has 0 unspecified atom stereocenters. The van der Waals surface area contributed by atoms with Crippen LogP contribution in [0.3, 0.4) is 0 Å². The first-order valence-corrected chi connectivity index (χ1v) is 8.94. The van der Waals surface area contributed by atoms with Gasteiger partial charge in [-0.3, -0.25) is 8.80 Å². The first-order valence-electron chi connectivity index (χ1n) is 8.94. The highest BCUT2D eigenvalue weighted by atomic mass is 15.1. The quantitative estimate of drug-likeness (QED) is 0.351. The van der Waals surface area contributed by atoms with Crippen LogP contribution in [0, 0.1) is 13.8 Å². The first-order chi connectivity index (χ1) is 12.8. The van der Waals surface area contributed by atoms with Crippen molar-refractivity contribution in [2.45, 2.75) is 13.8 Å². The van der Waals surface area contributed by atoms with E-state index < -0.39 is 0 Å². The maximum absolute atomic E-state index is 5.02. The van der Waals surface area contributed by atoms with Gasteiger partial charge < -0.3 is 0 Å². The molecule has 0 aliphatic carbocycles. The van der Waals surface area contributed by atoms with Gasteiger partial charge in [0.1, 0.15) is 11.3 Å². The van der Waals surface area contributed by atoms with E-state index in [9.17, 15) is 0 Å². The van der Waals surface area contributed by atoms with E-state index in [0.717, 1.165) is 11.2 Å². The minimum Gasteiger partial charge on any atom is -0.295 e. The Morgan fingerprint density at radius 1 is 0.692 bits per heavy atom. The fraction of sp³-hybridized carbons (Fsp3) is 0.0870.